The highest BCUT2D eigenvalue weighted by molar-refractivity contribution is 7.78. The number of hydrogen-bond donors (Lipinski definition) is 0. The van der Waals surface area contributed by atoms with E-state index >= 15 is 0 Å². The maximum absolute atomic E-state index is 10.8. The lowest BCUT2D eigenvalue weighted by Crippen LogP contribution is -1.68. The van der Waals surface area contributed by atoms with Crippen molar-refractivity contribution >= 4 is 47.1 Å². The summed E-state index contributed by atoms with van der Waals surface area (Å²) in [6.07, 6.45) is -3.60. The van der Waals surface area contributed by atoms with Gasteiger partial charge in [-0.25, -0.2) is 9.59 Å². The van der Waals surface area contributed by atoms with E-state index in [9.17, 15) is 8.78 Å². The minimum absolute atomic E-state index is 1.55. The maximum Gasteiger partial charge on any atom is 0.432 e. The number of amides is 2. The van der Waals surface area contributed by atoms with Gasteiger partial charge >= 0.3 is 12.3 Å². The van der Waals surface area contributed by atoms with Crippen LogP contribution in [-0.2, 0) is 0 Å². The molecule has 0 bridgehead atoms. The maximum atomic E-state index is 10.8. The minimum Gasteiger partial charge on any atom is -0.231 e. The van der Waals surface area contributed by atoms with Crippen LogP contribution in [0.2, 0.25) is 0 Å². The molecule has 0 aliphatic carbocycles. The first-order valence-electron chi connectivity index (χ1n) is 2.09. The molecule has 0 heterocycles. The summed E-state index contributed by atoms with van der Waals surface area (Å²) in [5.74, 6) is 0. The highest BCUT2D eigenvalue weighted by atomic mass is 32.1. The highest BCUT2D eigenvalue weighted by Crippen LogP contribution is 1.73. The fourth-order valence-electron chi connectivity index (χ4n) is 0.0718. The summed E-state index contributed by atoms with van der Waals surface area (Å²) in [5.41, 5.74) is 0. The molecule has 0 aromatic heterocycles. The Hall–Kier alpha value is -1.20. The molecule has 0 aliphatic heterocycles. The molecular weight excluding hydrogens is 210 g/mol. The second-order valence-electron chi connectivity index (χ2n) is 0.912. The zero-order chi connectivity index (χ0) is 9.98. The van der Waals surface area contributed by atoms with Crippen LogP contribution in [0, 0.1) is 0 Å². The number of isothiocyanates is 2. The van der Waals surface area contributed by atoms with Crippen molar-refractivity contribution in [3.05, 3.63) is 0 Å². The fraction of sp³-hybridized carbons (Fsp3) is 0. The van der Waals surface area contributed by atoms with Crippen molar-refractivity contribution in [2.45, 2.75) is 0 Å². The van der Waals surface area contributed by atoms with Gasteiger partial charge in [-0.3, -0.25) is 0 Å². The highest BCUT2D eigenvalue weighted by Gasteiger charge is 1.82. The molecular formula is C4F2N2O2S2. The predicted octanol–water partition coefficient (Wildman–Crippen LogP) is 2.36. The number of aliphatic imine (C=N–C) groups is 2. The molecule has 2 amide bonds. The third-order valence-electron chi connectivity index (χ3n) is 0.267. The Labute approximate surface area is 76.0 Å². The van der Waals surface area contributed by atoms with Gasteiger partial charge in [0.25, 0.3) is 0 Å². The Morgan fingerprint density at radius 2 is 1.25 bits per heavy atom. The molecule has 12 heavy (non-hydrogen) atoms. The first-order chi connectivity index (χ1) is 5.54. The van der Waals surface area contributed by atoms with Crippen molar-refractivity contribution in [2.75, 3.05) is 0 Å². The predicted molar refractivity (Wildman–Crippen MR) is 43.1 cm³/mol. The van der Waals surface area contributed by atoms with Gasteiger partial charge in [-0.15, -0.1) is 18.8 Å². The molecule has 0 saturated heterocycles. The summed E-state index contributed by atoms with van der Waals surface area (Å²) in [4.78, 5) is 22.9. The molecule has 0 unspecified atom stereocenters. The number of nitrogens with zero attached hydrogens (tertiary/aromatic N) is 2. The van der Waals surface area contributed by atoms with Gasteiger partial charge in [-0.2, -0.15) is 0 Å². The number of rotatable bonds is 0. The average molecular weight is 210 g/mol. The summed E-state index contributed by atoms with van der Waals surface area (Å²) >= 11 is 7.70. The molecule has 0 N–H and O–H groups in total. The Morgan fingerprint density at radius 3 is 1.25 bits per heavy atom. The topological polar surface area (TPSA) is 58.9 Å². The lowest BCUT2D eigenvalue weighted by molar-refractivity contribution is 0.230. The van der Waals surface area contributed by atoms with Crippen molar-refractivity contribution in [3.8, 4) is 0 Å². The molecule has 0 fully saturated rings. The molecule has 0 saturated carbocycles. The second-order valence-corrected chi connectivity index (χ2v) is 1.28. The van der Waals surface area contributed by atoms with Crippen LogP contribution in [-0.4, -0.2) is 22.6 Å². The zero-order valence-electron chi connectivity index (χ0n) is 5.28. The number of carbonyl (C=O) groups is 2. The molecule has 4 nitrogen and oxygen atoms in total. The minimum atomic E-state index is -1.80. The fourth-order valence-corrected chi connectivity index (χ4v) is 0.215. The van der Waals surface area contributed by atoms with E-state index in [1.165, 1.54) is 0 Å². The van der Waals surface area contributed by atoms with E-state index in [-0.39, 0.29) is 0 Å². The van der Waals surface area contributed by atoms with Crippen molar-refractivity contribution in [2.24, 2.45) is 9.98 Å². The monoisotopic (exact) mass is 210 g/mol. The van der Waals surface area contributed by atoms with Gasteiger partial charge in [-0.1, -0.05) is 0 Å². The molecule has 0 rings (SSSR count). The summed E-state index contributed by atoms with van der Waals surface area (Å²) < 4.78 is 21.5. The Balaban J connectivity index is 0. The van der Waals surface area contributed by atoms with Crippen LogP contribution in [0.25, 0.3) is 0 Å². The third-order valence-corrected chi connectivity index (χ3v) is 0.450. The smallest absolute Gasteiger partial charge is 0.231 e. The van der Waals surface area contributed by atoms with Gasteiger partial charge in [0.2, 0.25) is 0 Å². The van der Waals surface area contributed by atoms with Crippen molar-refractivity contribution < 1.29 is 18.4 Å². The van der Waals surface area contributed by atoms with Gasteiger partial charge in [-0.05, 0) is 24.4 Å². The number of halogens is 2. The molecule has 0 atom stereocenters. The van der Waals surface area contributed by atoms with E-state index in [0.29, 0.717) is 0 Å². The summed E-state index contributed by atoms with van der Waals surface area (Å²) in [6.45, 7) is 0. The van der Waals surface area contributed by atoms with Crippen LogP contribution in [0.4, 0.5) is 18.4 Å². The van der Waals surface area contributed by atoms with Crippen LogP contribution >= 0.6 is 24.4 Å². The first kappa shape index (κ1) is 13.4. The van der Waals surface area contributed by atoms with E-state index < -0.39 is 12.3 Å². The van der Waals surface area contributed by atoms with Crippen molar-refractivity contribution in [1.29, 1.82) is 0 Å². The molecule has 0 radical (unpaired) electrons. The van der Waals surface area contributed by atoms with E-state index in [2.05, 4.69) is 34.4 Å². The standard InChI is InChI=1S/2C2FNOS/c2*3-2(5)4-1-6. The lowest BCUT2D eigenvalue weighted by atomic mass is 11.3. The Kier molecular flexibility index (Phi) is 10.9. The van der Waals surface area contributed by atoms with Crippen LogP contribution < -0.4 is 0 Å². The Morgan fingerprint density at radius 1 is 1.00 bits per heavy atom. The quantitative estimate of drug-likeness (QED) is 0.266. The van der Waals surface area contributed by atoms with E-state index in [1.54, 1.807) is 10.3 Å². The summed E-state index contributed by atoms with van der Waals surface area (Å²) in [7, 11) is 0. The van der Waals surface area contributed by atoms with Crippen LogP contribution in [0.15, 0.2) is 9.98 Å². The number of thiocarbonyl (C=S) groups is 2. The normalized spacial score (nSPS) is 6.17. The molecule has 8 heteroatoms. The third kappa shape index (κ3) is 23.2. The van der Waals surface area contributed by atoms with E-state index in [0.717, 1.165) is 0 Å². The van der Waals surface area contributed by atoms with Crippen LogP contribution in [0.3, 0.4) is 0 Å². The molecule has 0 spiro atoms. The van der Waals surface area contributed by atoms with E-state index in [4.69, 9.17) is 9.59 Å². The zero-order valence-corrected chi connectivity index (χ0v) is 6.92. The van der Waals surface area contributed by atoms with Crippen molar-refractivity contribution in [1.82, 2.24) is 0 Å². The largest absolute Gasteiger partial charge is 0.432 e. The van der Waals surface area contributed by atoms with E-state index in [1.807, 2.05) is 0 Å². The van der Waals surface area contributed by atoms with Gasteiger partial charge in [0.05, 0.1) is 10.3 Å². The van der Waals surface area contributed by atoms with Crippen LogP contribution in [0.5, 0.6) is 0 Å². The molecule has 64 valence electrons. The number of carbonyl (C=O) groups excluding carboxylic acids is 2. The van der Waals surface area contributed by atoms with Gasteiger partial charge in [0.1, 0.15) is 0 Å². The first-order valence-corrected chi connectivity index (χ1v) is 2.91. The molecule has 0 aromatic carbocycles. The van der Waals surface area contributed by atoms with Crippen molar-refractivity contribution in [3.63, 3.8) is 0 Å². The van der Waals surface area contributed by atoms with Gasteiger partial charge in [0, 0.05) is 0 Å². The average Bonchev–Trinajstić information content (AvgIpc) is 1.87. The summed E-state index contributed by atoms with van der Waals surface area (Å²) in [5, 5.41) is 3.10. The second kappa shape index (κ2) is 9.80. The molecule has 0 aromatic rings. The van der Waals surface area contributed by atoms with Gasteiger partial charge in [0.15, 0.2) is 0 Å². The SMILES string of the molecule is O=C(F)N=C=S.O=C(F)N=C=S. The number of hydrogen-bond acceptors (Lipinski definition) is 4. The van der Waals surface area contributed by atoms with Crippen LogP contribution in [0.1, 0.15) is 0 Å². The molecule has 0 aliphatic rings. The summed E-state index contributed by atoms with van der Waals surface area (Å²) in [6, 6.07) is 0. The van der Waals surface area contributed by atoms with Gasteiger partial charge < -0.3 is 0 Å². The lowest BCUT2D eigenvalue weighted by Gasteiger charge is -1.57. The Bertz CT molecular complexity index is 240.